The van der Waals surface area contributed by atoms with Crippen molar-refractivity contribution in [3.63, 3.8) is 0 Å². The maximum atomic E-state index is 11.2. The summed E-state index contributed by atoms with van der Waals surface area (Å²) in [7, 11) is 3.51. The zero-order valence-electron chi connectivity index (χ0n) is 8.21. The molecule has 0 bridgehead atoms. The lowest BCUT2D eigenvalue weighted by molar-refractivity contribution is -0.127. The molecule has 1 rings (SSSR count). The monoisotopic (exact) mass is 276 g/mol. The van der Waals surface area contributed by atoms with Crippen molar-refractivity contribution in [1.29, 1.82) is 0 Å². The summed E-state index contributed by atoms with van der Waals surface area (Å²) in [5, 5.41) is 3.09. The first-order valence-corrected chi connectivity index (χ1v) is 5.85. The highest BCUT2D eigenvalue weighted by Crippen LogP contribution is 2.21. The van der Waals surface area contributed by atoms with Gasteiger partial charge >= 0.3 is 0 Å². The van der Waals surface area contributed by atoms with E-state index in [9.17, 15) is 4.79 Å². The van der Waals surface area contributed by atoms with Crippen LogP contribution in [0, 0.1) is 0 Å². The van der Waals surface area contributed by atoms with Crippen LogP contribution in [0.3, 0.4) is 0 Å². The number of hydrogen-bond acceptors (Lipinski definition) is 3. The maximum absolute atomic E-state index is 11.2. The van der Waals surface area contributed by atoms with Gasteiger partial charge in [0, 0.05) is 25.5 Å². The van der Waals surface area contributed by atoms with Crippen LogP contribution in [0.25, 0.3) is 0 Å². The highest BCUT2D eigenvalue weighted by atomic mass is 79.9. The molecule has 0 spiro atoms. The number of amides is 1. The van der Waals surface area contributed by atoms with E-state index in [2.05, 4.69) is 21.2 Å². The minimum absolute atomic E-state index is 0.0978. The fraction of sp³-hybridized carbons (Fsp3) is 0.444. The molecule has 0 aliphatic carbocycles. The molecule has 1 aromatic heterocycles. The summed E-state index contributed by atoms with van der Waals surface area (Å²) in [4.78, 5) is 14.0. The van der Waals surface area contributed by atoms with E-state index >= 15 is 0 Å². The van der Waals surface area contributed by atoms with Gasteiger partial charge in [-0.2, -0.15) is 0 Å². The van der Waals surface area contributed by atoms with E-state index in [4.69, 9.17) is 0 Å². The summed E-state index contributed by atoms with van der Waals surface area (Å²) in [6, 6.07) is 4.05. The van der Waals surface area contributed by atoms with Gasteiger partial charge in [0.2, 0.25) is 5.91 Å². The third kappa shape index (κ3) is 3.77. The van der Waals surface area contributed by atoms with Crippen molar-refractivity contribution in [2.24, 2.45) is 0 Å². The molecule has 1 amide bonds. The van der Waals surface area contributed by atoms with E-state index in [1.54, 1.807) is 30.3 Å². The van der Waals surface area contributed by atoms with E-state index in [0.29, 0.717) is 6.54 Å². The molecule has 3 nitrogen and oxygen atoms in total. The van der Waals surface area contributed by atoms with Gasteiger partial charge in [-0.15, -0.1) is 11.3 Å². The summed E-state index contributed by atoms with van der Waals surface area (Å²) in [6.45, 7) is 1.14. The summed E-state index contributed by atoms with van der Waals surface area (Å²) in [6.07, 6.45) is 0. The fourth-order valence-corrected chi connectivity index (χ4v) is 2.35. The Kier molecular flexibility index (Phi) is 4.57. The average molecular weight is 277 g/mol. The number of rotatable bonds is 4. The van der Waals surface area contributed by atoms with Gasteiger partial charge in [0.1, 0.15) is 0 Å². The Morgan fingerprint density at radius 3 is 2.79 bits per heavy atom. The molecule has 0 saturated heterocycles. The Morgan fingerprint density at radius 1 is 1.57 bits per heavy atom. The third-order valence-electron chi connectivity index (χ3n) is 1.70. The SMILES string of the molecule is CN(C)C(=O)CNCc1ccc(Br)s1. The third-order valence-corrected chi connectivity index (χ3v) is 3.33. The Hall–Kier alpha value is -0.390. The van der Waals surface area contributed by atoms with Gasteiger partial charge in [0.25, 0.3) is 0 Å². The Labute approximate surface area is 96.2 Å². The van der Waals surface area contributed by atoms with E-state index in [1.807, 2.05) is 12.1 Å². The van der Waals surface area contributed by atoms with Crippen LogP contribution < -0.4 is 5.32 Å². The molecule has 5 heteroatoms. The molecule has 0 aliphatic heterocycles. The van der Waals surface area contributed by atoms with Crippen LogP contribution in [-0.4, -0.2) is 31.4 Å². The van der Waals surface area contributed by atoms with E-state index in [-0.39, 0.29) is 5.91 Å². The predicted octanol–water partition coefficient (Wildman–Crippen LogP) is 1.69. The second kappa shape index (κ2) is 5.48. The van der Waals surface area contributed by atoms with Gasteiger partial charge in [-0.25, -0.2) is 0 Å². The van der Waals surface area contributed by atoms with Crippen molar-refractivity contribution >= 4 is 33.2 Å². The molecule has 0 atom stereocenters. The Balaban J connectivity index is 2.25. The van der Waals surface area contributed by atoms with Gasteiger partial charge in [-0.05, 0) is 28.1 Å². The van der Waals surface area contributed by atoms with Gasteiger partial charge in [-0.1, -0.05) is 0 Å². The molecule has 0 radical (unpaired) electrons. The van der Waals surface area contributed by atoms with Gasteiger partial charge in [0.15, 0.2) is 0 Å². The molecule has 1 heterocycles. The van der Waals surface area contributed by atoms with Crippen LogP contribution in [0.15, 0.2) is 15.9 Å². The summed E-state index contributed by atoms with van der Waals surface area (Å²) in [5.41, 5.74) is 0. The largest absolute Gasteiger partial charge is 0.348 e. The maximum Gasteiger partial charge on any atom is 0.236 e. The Bertz CT molecular complexity index is 312. The van der Waals surface area contributed by atoms with E-state index < -0.39 is 0 Å². The van der Waals surface area contributed by atoms with Crippen LogP contribution in [0.2, 0.25) is 0 Å². The quantitative estimate of drug-likeness (QED) is 0.908. The second-order valence-corrected chi connectivity index (χ2v) is 5.65. The second-order valence-electron chi connectivity index (χ2n) is 3.10. The predicted molar refractivity (Wildman–Crippen MR) is 62.4 cm³/mol. The van der Waals surface area contributed by atoms with Crippen LogP contribution >= 0.6 is 27.3 Å². The van der Waals surface area contributed by atoms with Gasteiger partial charge in [0.05, 0.1) is 10.3 Å². The molecule has 0 saturated carbocycles. The minimum Gasteiger partial charge on any atom is -0.348 e. The number of carbonyl (C=O) groups excluding carboxylic acids is 1. The van der Waals surface area contributed by atoms with Crippen molar-refractivity contribution in [3.8, 4) is 0 Å². The highest BCUT2D eigenvalue weighted by Gasteiger charge is 2.03. The lowest BCUT2D eigenvalue weighted by Gasteiger charge is -2.10. The molecule has 0 aromatic carbocycles. The fourth-order valence-electron chi connectivity index (χ4n) is 0.897. The first-order chi connectivity index (χ1) is 6.59. The molecule has 0 fully saturated rings. The van der Waals surface area contributed by atoms with Crippen LogP contribution in [0.5, 0.6) is 0 Å². The van der Waals surface area contributed by atoms with Crippen molar-refractivity contribution in [1.82, 2.24) is 10.2 Å². The van der Waals surface area contributed by atoms with Crippen LogP contribution in [0.4, 0.5) is 0 Å². The van der Waals surface area contributed by atoms with Gasteiger partial charge < -0.3 is 10.2 Å². The normalized spacial score (nSPS) is 10.2. The van der Waals surface area contributed by atoms with Crippen molar-refractivity contribution in [2.45, 2.75) is 6.54 Å². The van der Waals surface area contributed by atoms with E-state index in [1.165, 1.54) is 4.88 Å². The average Bonchev–Trinajstić information content (AvgIpc) is 2.51. The van der Waals surface area contributed by atoms with Crippen molar-refractivity contribution < 1.29 is 4.79 Å². The number of hydrogen-bond donors (Lipinski definition) is 1. The molecule has 0 unspecified atom stereocenters. The highest BCUT2D eigenvalue weighted by molar-refractivity contribution is 9.11. The molecule has 1 N–H and O–H groups in total. The van der Waals surface area contributed by atoms with Crippen LogP contribution in [-0.2, 0) is 11.3 Å². The number of carbonyl (C=O) groups is 1. The topological polar surface area (TPSA) is 32.3 Å². The molecular weight excluding hydrogens is 264 g/mol. The molecular formula is C9H13BrN2OS. The summed E-state index contributed by atoms with van der Waals surface area (Å²) >= 11 is 5.07. The molecule has 1 aromatic rings. The molecule has 0 aliphatic rings. The zero-order valence-corrected chi connectivity index (χ0v) is 10.6. The number of nitrogens with one attached hydrogen (secondary N) is 1. The van der Waals surface area contributed by atoms with Crippen molar-refractivity contribution in [3.05, 3.63) is 20.8 Å². The van der Waals surface area contributed by atoms with E-state index in [0.717, 1.165) is 10.3 Å². The van der Waals surface area contributed by atoms with Crippen molar-refractivity contribution in [2.75, 3.05) is 20.6 Å². The smallest absolute Gasteiger partial charge is 0.236 e. The lowest BCUT2D eigenvalue weighted by Crippen LogP contribution is -2.32. The number of nitrogens with zero attached hydrogens (tertiary/aromatic N) is 1. The minimum atomic E-state index is 0.0978. The number of thiophene rings is 1. The first kappa shape index (κ1) is 11.7. The molecule has 14 heavy (non-hydrogen) atoms. The summed E-state index contributed by atoms with van der Waals surface area (Å²) in [5.74, 6) is 0.0978. The van der Waals surface area contributed by atoms with Crippen LogP contribution in [0.1, 0.15) is 4.88 Å². The first-order valence-electron chi connectivity index (χ1n) is 4.24. The standard InChI is InChI=1S/C9H13BrN2OS/c1-12(2)9(13)6-11-5-7-3-4-8(10)14-7/h3-4,11H,5-6H2,1-2H3. The molecule has 78 valence electrons. The Morgan fingerprint density at radius 2 is 2.29 bits per heavy atom. The zero-order chi connectivity index (χ0) is 10.6. The number of halogens is 1. The lowest BCUT2D eigenvalue weighted by atomic mass is 10.4. The van der Waals surface area contributed by atoms with Gasteiger partial charge in [-0.3, -0.25) is 4.79 Å². The summed E-state index contributed by atoms with van der Waals surface area (Å²) < 4.78 is 1.12. The number of likely N-dealkylation sites (N-methyl/N-ethyl adjacent to an activating group) is 1.